The minimum Gasteiger partial charge on any atom is -0.354 e. The molecule has 96 valence electrons. The van der Waals surface area contributed by atoms with Gasteiger partial charge in [0.2, 0.25) is 0 Å². The minimum atomic E-state index is 0.855. The van der Waals surface area contributed by atoms with E-state index in [0.717, 1.165) is 29.4 Å². The Balaban J connectivity index is 1.44. The zero-order valence-electron chi connectivity index (χ0n) is 10.9. The van der Waals surface area contributed by atoms with Crippen molar-refractivity contribution in [2.24, 2.45) is 11.8 Å². The van der Waals surface area contributed by atoms with Gasteiger partial charge in [0.05, 0.1) is 5.69 Å². The number of anilines is 1. The van der Waals surface area contributed by atoms with Crippen LogP contribution in [0.2, 0.25) is 0 Å². The first kappa shape index (κ1) is 10.7. The van der Waals surface area contributed by atoms with Crippen molar-refractivity contribution < 1.29 is 0 Å². The van der Waals surface area contributed by atoms with Gasteiger partial charge in [-0.05, 0) is 43.7 Å². The van der Waals surface area contributed by atoms with Crippen LogP contribution < -0.4 is 4.90 Å². The fourth-order valence-corrected chi connectivity index (χ4v) is 3.51. The standard InChI is InChI=1S/C14H20N4/c1-10-2-5-14(16-15-10)18-8-11-6-17(13-3-4-13)7-12(11)9-18/h2,5,11-13H,3-4,6-9H2,1H3. The molecule has 4 rings (SSSR count). The topological polar surface area (TPSA) is 32.3 Å². The molecule has 18 heavy (non-hydrogen) atoms. The number of fused-ring (bicyclic) bond motifs is 1. The molecule has 0 N–H and O–H groups in total. The van der Waals surface area contributed by atoms with Gasteiger partial charge in [0, 0.05) is 32.2 Å². The SMILES string of the molecule is Cc1ccc(N2CC3CN(C4CC4)CC3C2)nn1. The Kier molecular flexibility index (Phi) is 2.34. The molecule has 2 atom stereocenters. The summed E-state index contributed by atoms with van der Waals surface area (Å²) < 4.78 is 0. The third-order valence-corrected chi connectivity index (χ3v) is 4.69. The van der Waals surface area contributed by atoms with Gasteiger partial charge in [0.1, 0.15) is 0 Å². The smallest absolute Gasteiger partial charge is 0.151 e. The van der Waals surface area contributed by atoms with Crippen molar-refractivity contribution >= 4 is 5.82 Å². The summed E-state index contributed by atoms with van der Waals surface area (Å²) in [7, 11) is 0. The van der Waals surface area contributed by atoms with Gasteiger partial charge in [-0.1, -0.05) is 0 Å². The normalized spacial score (nSPS) is 31.9. The van der Waals surface area contributed by atoms with Gasteiger partial charge < -0.3 is 4.90 Å². The number of aryl methyl sites for hydroxylation is 1. The molecule has 0 bridgehead atoms. The molecule has 0 radical (unpaired) electrons. The van der Waals surface area contributed by atoms with Crippen molar-refractivity contribution in [2.45, 2.75) is 25.8 Å². The molecule has 4 nitrogen and oxygen atoms in total. The lowest BCUT2D eigenvalue weighted by Crippen LogP contribution is -2.30. The van der Waals surface area contributed by atoms with Crippen molar-refractivity contribution in [3.8, 4) is 0 Å². The van der Waals surface area contributed by atoms with Crippen molar-refractivity contribution in [1.29, 1.82) is 0 Å². The summed E-state index contributed by atoms with van der Waals surface area (Å²) in [5.74, 6) is 2.77. The van der Waals surface area contributed by atoms with Gasteiger partial charge in [-0.15, -0.1) is 5.10 Å². The predicted octanol–water partition coefficient (Wildman–Crippen LogP) is 1.32. The lowest BCUT2D eigenvalue weighted by atomic mass is 10.0. The average molecular weight is 244 g/mol. The summed E-state index contributed by atoms with van der Waals surface area (Å²) >= 11 is 0. The quantitative estimate of drug-likeness (QED) is 0.785. The van der Waals surface area contributed by atoms with E-state index in [9.17, 15) is 0 Å². The number of likely N-dealkylation sites (tertiary alicyclic amines) is 1. The fourth-order valence-electron chi connectivity index (χ4n) is 3.51. The molecule has 2 saturated heterocycles. The van der Waals surface area contributed by atoms with Crippen LogP contribution in [0.5, 0.6) is 0 Å². The van der Waals surface area contributed by atoms with Crippen molar-refractivity contribution in [3.63, 3.8) is 0 Å². The first-order valence-corrected chi connectivity index (χ1v) is 7.09. The van der Waals surface area contributed by atoms with Crippen molar-refractivity contribution in [2.75, 3.05) is 31.1 Å². The van der Waals surface area contributed by atoms with Gasteiger partial charge in [0.15, 0.2) is 5.82 Å². The summed E-state index contributed by atoms with van der Waals surface area (Å²) in [4.78, 5) is 5.14. The number of nitrogens with zero attached hydrogens (tertiary/aromatic N) is 4. The molecule has 2 unspecified atom stereocenters. The largest absolute Gasteiger partial charge is 0.354 e. The van der Waals surface area contributed by atoms with Crippen LogP contribution in [0.4, 0.5) is 5.82 Å². The van der Waals surface area contributed by atoms with E-state index in [0.29, 0.717) is 0 Å². The van der Waals surface area contributed by atoms with E-state index in [-0.39, 0.29) is 0 Å². The second kappa shape index (κ2) is 3.92. The Bertz CT molecular complexity index is 426. The van der Waals surface area contributed by atoms with Crippen LogP contribution in [-0.4, -0.2) is 47.3 Å². The second-order valence-electron chi connectivity index (χ2n) is 6.14. The van der Waals surface area contributed by atoms with E-state index in [1.807, 2.05) is 6.92 Å². The van der Waals surface area contributed by atoms with E-state index in [1.165, 1.54) is 39.0 Å². The molecular weight excluding hydrogens is 224 g/mol. The van der Waals surface area contributed by atoms with Crippen LogP contribution in [0.15, 0.2) is 12.1 Å². The molecule has 3 fully saturated rings. The third kappa shape index (κ3) is 1.79. The maximum absolute atomic E-state index is 4.32. The van der Waals surface area contributed by atoms with E-state index in [1.54, 1.807) is 0 Å². The molecular formula is C14H20N4. The molecule has 3 aliphatic rings. The Morgan fingerprint density at radius 1 is 1.00 bits per heavy atom. The average Bonchev–Trinajstić information content (AvgIpc) is 3.02. The molecule has 0 aromatic carbocycles. The van der Waals surface area contributed by atoms with Crippen LogP contribution in [0.1, 0.15) is 18.5 Å². The highest BCUT2D eigenvalue weighted by Gasteiger charge is 2.44. The summed E-state index contributed by atoms with van der Waals surface area (Å²) in [5.41, 5.74) is 0.998. The summed E-state index contributed by atoms with van der Waals surface area (Å²) in [6, 6.07) is 5.11. The summed E-state index contributed by atoms with van der Waals surface area (Å²) in [5, 5.41) is 8.49. The van der Waals surface area contributed by atoms with Crippen LogP contribution >= 0.6 is 0 Å². The van der Waals surface area contributed by atoms with Gasteiger partial charge in [-0.2, -0.15) is 5.10 Å². The maximum Gasteiger partial charge on any atom is 0.151 e. The maximum atomic E-state index is 4.32. The summed E-state index contributed by atoms with van der Waals surface area (Å²) in [6.07, 6.45) is 2.87. The molecule has 1 saturated carbocycles. The molecule has 1 aromatic heterocycles. The van der Waals surface area contributed by atoms with Crippen molar-refractivity contribution in [1.82, 2.24) is 15.1 Å². The lowest BCUT2D eigenvalue weighted by molar-refractivity contribution is 0.306. The molecule has 1 aromatic rings. The Hall–Kier alpha value is -1.16. The van der Waals surface area contributed by atoms with E-state index in [4.69, 9.17) is 0 Å². The highest BCUT2D eigenvalue weighted by molar-refractivity contribution is 5.39. The minimum absolute atomic E-state index is 0.855. The first-order valence-electron chi connectivity index (χ1n) is 7.09. The number of hydrogen-bond acceptors (Lipinski definition) is 4. The Morgan fingerprint density at radius 3 is 2.28 bits per heavy atom. The van der Waals surface area contributed by atoms with Gasteiger partial charge in [-0.3, -0.25) is 4.90 Å². The van der Waals surface area contributed by atoms with E-state index >= 15 is 0 Å². The van der Waals surface area contributed by atoms with Crippen LogP contribution in [0.3, 0.4) is 0 Å². The van der Waals surface area contributed by atoms with Gasteiger partial charge in [0.25, 0.3) is 0 Å². The van der Waals surface area contributed by atoms with Crippen molar-refractivity contribution in [3.05, 3.63) is 17.8 Å². The summed E-state index contributed by atoms with van der Waals surface area (Å²) in [6.45, 7) is 6.95. The van der Waals surface area contributed by atoms with E-state index in [2.05, 4.69) is 32.1 Å². The highest BCUT2D eigenvalue weighted by Crippen LogP contribution is 2.38. The number of aromatic nitrogens is 2. The monoisotopic (exact) mass is 244 g/mol. The Labute approximate surface area is 108 Å². The first-order chi connectivity index (χ1) is 8.79. The Morgan fingerprint density at radius 2 is 1.72 bits per heavy atom. The van der Waals surface area contributed by atoms with Gasteiger partial charge in [-0.25, -0.2) is 0 Å². The molecule has 0 amide bonds. The highest BCUT2D eigenvalue weighted by atomic mass is 15.3. The second-order valence-corrected chi connectivity index (χ2v) is 6.14. The van der Waals surface area contributed by atoms with Crippen LogP contribution in [0, 0.1) is 18.8 Å². The van der Waals surface area contributed by atoms with Crippen LogP contribution in [-0.2, 0) is 0 Å². The number of hydrogen-bond donors (Lipinski definition) is 0. The lowest BCUT2D eigenvalue weighted by Gasteiger charge is -2.21. The molecule has 2 aliphatic heterocycles. The molecule has 3 heterocycles. The predicted molar refractivity (Wildman–Crippen MR) is 70.6 cm³/mol. The zero-order chi connectivity index (χ0) is 12.1. The third-order valence-electron chi connectivity index (χ3n) is 4.69. The molecule has 1 aliphatic carbocycles. The van der Waals surface area contributed by atoms with E-state index < -0.39 is 0 Å². The molecule has 0 spiro atoms. The van der Waals surface area contributed by atoms with Crippen LogP contribution in [0.25, 0.3) is 0 Å². The fraction of sp³-hybridized carbons (Fsp3) is 0.714. The zero-order valence-corrected chi connectivity index (χ0v) is 10.9. The number of rotatable bonds is 2. The van der Waals surface area contributed by atoms with Gasteiger partial charge >= 0.3 is 0 Å². The molecule has 4 heteroatoms.